The molecule has 0 aromatic heterocycles. The molecule has 0 radical (unpaired) electrons. The van der Waals surface area contributed by atoms with E-state index in [4.69, 9.17) is 9.47 Å². The Labute approximate surface area is 180 Å². The molecular formula is C23H25N3O5. The van der Waals surface area contributed by atoms with Crippen LogP contribution in [-0.2, 0) is 9.53 Å². The van der Waals surface area contributed by atoms with Crippen LogP contribution < -0.4 is 15.4 Å². The summed E-state index contributed by atoms with van der Waals surface area (Å²) in [7, 11) is 3.12. The van der Waals surface area contributed by atoms with Crippen molar-refractivity contribution in [2.75, 3.05) is 26.1 Å². The highest BCUT2D eigenvalue weighted by Crippen LogP contribution is 2.32. The van der Waals surface area contributed by atoms with E-state index in [0.717, 1.165) is 0 Å². The Hall–Kier alpha value is -3.81. The molecule has 1 aliphatic rings. The number of ether oxygens (including phenoxy) is 2. The van der Waals surface area contributed by atoms with E-state index in [1.807, 2.05) is 0 Å². The number of methoxy groups -OCH3 is 1. The zero-order valence-corrected chi connectivity index (χ0v) is 17.9. The summed E-state index contributed by atoms with van der Waals surface area (Å²) in [6, 6.07) is 12.8. The van der Waals surface area contributed by atoms with Crippen LogP contribution in [0.2, 0.25) is 0 Å². The highest BCUT2D eigenvalue weighted by Gasteiger charge is 2.35. The lowest BCUT2D eigenvalue weighted by Gasteiger charge is -2.33. The molecule has 162 valence electrons. The van der Waals surface area contributed by atoms with Gasteiger partial charge in [-0.05, 0) is 49.7 Å². The number of nitrogens with one attached hydrogen (secondary N) is 2. The van der Waals surface area contributed by atoms with Gasteiger partial charge in [0.15, 0.2) is 0 Å². The van der Waals surface area contributed by atoms with E-state index in [-0.39, 0.29) is 18.5 Å². The zero-order chi connectivity index (χ0) is 22.5. The maximum absolute atomic E-state index is 12.6. The van der Waals surface area contributed by atoms with Crippen molar-refractivity contribution in [3.63, 3.8) is 0 Å². The van der Waals surface area contributed by atoms with Crippen molar-refractivity contribution < 1.29 is 23.9 Å². The molecule has 0 aliphatic carbocycles. The molecular weight excluding hydrogens is 398 g/mol. The van der Waals surface area contributed by atoms with Crippen molar-refractivity contribution in [1.29, 1.82) is 0 Å². The Balaban J connectivity index is 1.91. The maximum Gasteiger partial charge on any atom is 0.338 e. The topological polar surface area (TPSA) is 97.0 Å². The van der Waals surface area contributed by atoms with Crippen LogP contribution in [0.4, 0.5) is 10.5 Å². The fourth-order valence-electron chi connectivity index (χ4n) is 3.32. The van der Waals surface area contributed by atoms with E-state index >= 15 is 0 Å². The predicted molar refractivity (Wildman–Crippen MR) is 116 cm³/mol. The van der Waals surface area contributed by atoms with Crippen molar-refractivity contribution in [3.05, 3.63) is 70.9 Å². The summed E-state index contributed by atoms with van der Waals surface area (Å²) in [5.74, 6) is -0.224. The van der Waals surface area contributed by atoms with E-state index in [1.54, 1.807) is 69.4 Å². The Morgan fingerprint density at radius 3 is 2.61 bits per heavy atom. The summed E-state index contributed by atoms with van der Waals surface area (Å²) in [5, 5.41) is 5.67. The molecule has 1 heterocycles. The minimum atomic E-state index is -0.698. The van der Waals surface area contributed by atoms with Crippen LogP contribution in [0.5, 0.6) is 5.75 Å². The molecule has 8 heteroatoms. The minimum Gasteiger partial charge on any atom is -0.497 e. The molecule has 0 spiro atoms. The standard InChI is InChI=1S/C23H25N3O5/c1-5-31-22(28)19-14(2)26(3)23(29)25-20(19)15-8-6-10-17(12-15)24-21(27)16-9-7-11-18(13-16)30-4/h6-13,20H,5H2,1-4H3,(H,24,27)(H,25,29)/t20-/m0/s1. The van der Waals surface area contributed by atoms with Crippen molar-refractivity contribution in [2.45, 2.75) is 19.9 Å². The molecule has 3 amide bonds. The molecule has 3 rings (SSSR count). The summed E-state index contributed by atoms with van der Waals surface area (Å²) in [5.41, 5.74) is 2.48. The van der Waals surface area contributed by atoms with Gasteiger partial charge in [0.2, 0.25) is 0 Å². The van der Waals surface area contributed by atoms with Crippen molar-refractivity contribution in [2.24, 2.45) is 0 Å². The lowest BCUT2D eigenvalue weighted by molar-refractivity contribution is -0.139. The number of carbonyl (C=O) groups excluding carboxylic acids is 3. The number of carbonyl (C=O) groups is 3. The number of allylic oxidation sites excluding steroid dienone is 1. The molecule has 0 bridgehead atoms. The van der Waals surface area contributed by atoms with Gasteiger partial charge in [-0.15, -0.1) is 0 Å². The Morgan fingerprint density at radius 1 is 1.16 bits per heavy atom. The van der Waals surface area contributed by atoms with Gasteiger partial charge in [-0.2, -0.15) is 0 Å². The first-order chi connectivity index (χ1) is 14.8. The fourth-order valence-corrected chi connectivity index (χ4v) is 3.32. The van der Waals surface area contributed by atoms with E-state index in [9.17, 15) is 14.4 Å². The van der Waals surface area contributed by atoms with Gasteiger partial charge in [-0.25, -0.2) is 9.59 Å². The molecule has 2 aromatic rings. The van der Waals surface area contributed by atoms with Gasteiger partial charge >= 0.3 is 12.0 Å². The second kappa shape index (κ2) is 9.34. The van der Waals surface area contributed by atoms with Crippen LogP contribution >= 0.6 is 0 Å². The molecule has 2 N–H and O–H groups in total. The van der Waals surface area contributed by atoms with Gasteiger partial charge < -0.3 is 25.0 Å². The smallest absolute Gasteiger partial charge is 0.338 e. The second-order valence-electron chi connectivity index (χ2n) is 6.97. The number of hydrogen-bond donors (Lipinski definition) is 2. The second-order valence-corrected chi connectivity index (χ2v) is 6.97. The summed E-state index contributed by atoms with van der Waals surface area (Å²) in [6.07, 6.45) is 0. The van der Waals surface area contributed by atoms with Gasteiger partial charge in [0.25, 0.3) is 5.91 Å². The van der Waals surface area contributed by atoms with E-state index in [0.29, 0.717) is 33.8 Å². The highest BCUT2D eigenvalue weighted by molar-refractivity contribution is 6.04. The predicted octanol–water partition coefficient (Wildman–Crippen LogP) is 3.48. The Kier molecular flexibility index (Phi) is 6.59. The van der Waals surface area contributed by atoms with E-state index in [2.05, 4.69) is 10.6 Å². The number of esters is 1. The van der Waals surface area contributed by atoms with E-state index in [1.165, 1.54) is 12.0 Å². The number of hydrogen-bond acceptors (Lipinski definition) is 5. The third-order valence-electron chi connectivity index (χ3n) is 5.06. The molecule has 0 saturated carbocycles. The molecule has 0 saturated heterocycles. The molecule has 2 aromatic carbocycles. The van der Waals surface area contributed by atoms with Crippen LogP contribution in [-0.4, -0.2) is 43.6 Å². The number of amides is 3. The molecule has 8 nitrogen and oxygen atoms in total. The number of urea groups is 1. The SMILES string of the molecule is CCOC(=O)C1=C(C)N(C)C(=O)N[C@H]1c1cccc(NC(=O)c2cccc(OC)c2)c1. The highest BCUT2D eigenvalue weighted by atomic mass is 16.5. The first-order valence-corrected chi connectivity index (χ1v) is 9.83. The van der Waals surface area contributed by atoms with Gasteiger partial charge in [0.05, 0.1) is 25.3 Å². The lowest BCUT2D eigenvalue weighted by Crippen LogP contribution is -2.46. The number of rotatable bonds is 6. The van der Waals surface area contributed by atoms with Gasteiger partial charge in [-0.1, -0.05) is 18.2 Å². The monoisotopic (exact) mass is 423 g/mol. The van der Waals surface area contributed by atoms with Gasteiger partial charge in [-0.3, -0.25) is 4.79 Å². The first kappa shape index (κ1) is 21.9. The van der Waals surface area contributed by atoms with Crippen molar-refractivity contribution in [1.82, 2.24) is 10.2 Å². The summed E-state index contributed by atoms with van der Waals surface area (Å²) in [6.45, 7) is 3.64. The molecule has 0 fully saturated rings. The third kappa shape index (κ3) is 4.69. The van der Waals surface area contributed by atoms with Crippen molar-refractivity contribution >= 4 is 23.6 Å². The fraction of sp³-hybridized carbons (Fsp3) is 0.261. The van der Waals surface area contributed by atoms with Crippen molar-refractivity contribution in [3.8, 4) is 5.75 Å². The summed E-state index contributed by atoms with van der Waals surface area (Å²) < 4.78 is 10.4. The zero-order valence-electron chi connectivity index (χ0n) is 17.9. The van der Waals surface area contributed by atoms with E-state index < -0.39 is 12.0 Å². The normalized spacial score (nSPS) is 15.9. The summed E-state index contributed by atoms with van der Waals surface area (Å²) >= 11 is 0. The molecule has 1 atom stereocenters. The Bertz CT molecular complexity index is 1050. The van der Waals surface area contributed by atoms with Crippen LogP contribution in [0.3, 0.4) is 0 Å². The quantitative estimate of drug-likeness (QED) is 0.694. The maximum atomic E-state index is 12.6. The Morgan fingerprint density at radius 2 is 1.90 bits per heavy atom. The molecule has 0 unspecified atom stereocenters. The molecule has 1 aliphatic heterocycles. The minimum absolute atomic E-state index is 0.219. The average Bonchev–Trinajstić information content (AvgIpc) is 2.77. The molecule has 31 heavy (non-hydrogen) atoms. The number of anilines is 1. The third-order valence-corrected chi connectivity index (χ3v) is 5.06. The van der Waals surface area contributed by atoms with Crippen LogP contribution in [0, 0.1) is 0 Å². The van der Waals surface area contributed by atoms with Crippen LogP contribution in [0.25, 0.3) is 0 Å². The number of nitrogens with zero attached hydrogens (tertiary/aromatic N) is 1. The van der Waals surface area contributed by atoms with Crippen LogP contribution in [0.15, 0.2) is 59.8 Å². The van der Waals surface area contributed by atoms with Crippen LogP contribution in [0.1, 0.15) is 35.8 Å². The average molecular weight is 423 g/mol. The van der Waals surface area contributed by atoms with Gasteiger partial charge in [0.1, 0.15) is 5.75 Å². The lowest BCUT2D eigenvalue weighted by atomic mass is 9.94. The summed E-state index contributed by atoms with van der Waals surface area (Å²) in [4.78, 5) is 39.0. The largest absolute Gasteiger partial charge is 0.497 e. The first-order valence-electron chi connectivity index (χ1n) is 9.83. The number of benzene rings is 2. The van der Waals surface area contributed by atoms with Gasteiger partial charge in [0, 0.05) is 24.0 Å².